The third-order valence-electron chi connectivity index (χ3n) is 0.437. The van der Waals surface area contributed by atoms with E-state index in [-0.39, 0.29) is 5.12 Å². The van der Waals surface area contributed by atoms with Crippen LogP contribution in [0.4, 0.5) is 0 Å². The van der Waals surface area contributed by atoms with Crippen LogP contribution in [-0.2, 0) is 4.79 Å². The third-order valence-corrected chi connectivity index (χ3v) is 0.979. The van der Waals surface area contributed by atoms with E-state index >= 15 is 0 Å². The lowest BCUT2D eigenvalue weighted by Crippen LogP contribution is -1.94. The Balaban J connectivity index is 3.05. The highest BCUT2D eigenvalue weighted by Crippen LogP contribution is 1.91. The first-order chi connectivity index (χ1) is 3.77. The number of nitrogens with one attached hydrogen (secondary N) is 1. The SMILES string of the molecule is C/C=C\NSC(C)=O. The average Bonchev–Trinajstić information content (AvgIpc) is 1.66. The molecule has 8 heavy (non-hydrogen) atoms. The lowest BCUT2D eigenvalue weighted by Gasteiger charge is -1.89. The minimum Gasteiger partial charge on any atom is -0.330 e. The number of allylic oxidation sites excluding steroid dienone is 1. The van der Waals surface area contributed by atoms with Crippen molar-refractivity contribution >= 4 is 17.1 Å². The number of hydrogen-bond acceptors (Lipinski definition) is 3. The van der Waals surface area contributed by atoms with Crippen LogP contribution in [0.2, 0.25) is 0 Å². The molecule has 0 aliphatic carbocycles. The van der Waals surface area contributed by atoms with Gasteiger partial charge in [-0.1, -0.05) is 6.08 Å². The van der Waals surface area contributed by atoms with Crippen LogP contribution >= 0.6 is 11.9 Å². The van der Waals surface area contributed by atoms with Gasteiger partial charge in [0.1, 0.15) is 0 Å². The second-order valence-electron chi connectivity index (χ2n) is 1.21. The van der Waals surface area contributed by atoms with Gasteiger partial charge in [-0.25, -0.2) is 0 Å². The van der Waals surface area contributed by atoms with Gasteiger partial charge in [-0.05, 0) is 6.92 Å². The maximum absolute atomic E-state index is 10.2. The fraction of sp³-hybridized carbons (Fsp3) is 0.400. The van der Waals surface area contributed by atoms with Gasteiger partial charge >= 0.3 is 0 Å². The van der Waals surface area contributed by atoms with Crippen LogP contribution in [0.15, 0.2) is 12.3 Å². The molecule has 0 unspecified atom stereocenters. The van der Waals surface area contributed by atoms with Crippen molar-refractivity contribution in [2.24, 2.45) is 0 Å². The highest BCUT2D eigenvalue weighted by molar-refractivity contribution is 8.11. The van der Waals surface area contributed by atoms with E-state index in [2.05, 4.69) is 4.72 Å². The Hall–Kier alpha value is -0.440. The summed E-state index contributed by atoms with van der Waals surface area (Å²) in [5.41, 5.74) is 0. The van der Waals surface area contributed by atoms with E-state index in [1.54, 1.807) is 6.20 Å². The van der Waals surface area contributed by atoms with Gasteiger partial charge in [0.15, 0.2) is 0 Å². The minimum atomic E-state index is 0.0723. The van der Waals surface area contributed by atoms with E-state index in [0.29, 0.717) is 0 Å². The quantitative estimate of drug-likeness (QED) is 0.573. The molecule has 0 aromatic heterocycles. The van der Waals surface area contributed by atoms with Crippen LogP contribution in [0, 0.1) is 0 Å². The molecule has 2 nitrogen and oxygen atoms in total. The molecule has 46 valence electrons. The monoisotopic (exact) mass is 131 g/mol. The number of carbonyl (C=O) groups excluding carboxylic acids is 1. The standard InChI is InChI=1S/C5H9NOS/c1-3-4-6-8-5(2)7/h3-4,6H,1-2H3/b4-3-. The second kappa shape index (κ2) is 4.71. The molecular formula is C5H9NOS. The number of rotatable bonds is 2. The Morgan fingerprint density at radius 1 is 1.75 bits per heavy atom. The Morgan fingerprint density at radius 3 is 2.75 bits per heavy atom. The molecular weight excluding hydrogens is 122 g/mol. The van der Waals surface area contributed by atoms with Crippen molar-refractivity contribution in [3.8, 4) is 0 Å². The molecule has 0 aliphatic rings. The maximum atomic E-state index is 10.2. The summed E-state index contributed by atoms with van der Waals surface area (Å²) >= 11 is 1.08. The first-order valence-corrected chi connectivity index (χ1v) is 3.13. The van der Waals surface area contributed by atoms with E-state index in [9.17, 15) is 4.79 Å². The second-order valence-corrected chi connectivity index (χ2v) is 2.23. The van der Waals surface area contributed by atoms with Crippen LogP contribution in [0.5, 0.6) is 0 Å². The average molecular weight is 131 g/mol. The van der Waals surface area contributed by atoms with Crippen molar-refractivity contribution in [3.05, 3.63) is 12.3 Å². The molecule has 0 radical (unpaired) electrons. The van der Waals surface area contributed by atoms with Gasteiger partial charge < -0.3 is 4.72 Å². The summed E-state index contributed by atoms with van der Waals surface area (Å²) in [6, 6.07) is 0. The molecule has 3 heteroatoms. The van der Waals surface area contributed by atoms with Crippen molar-refractivity contribution in [2.75, 3.05) is 0 Å². The van der Waals surface area contributed by atoms with Gasteiger partial charge in [-0.2, -0.15) is 0 Å². The Kier molecular flexibility index (Phi) is 4.45. The predicted molar refractivity (Wildman–Crippen MR) is 36.2 cm³/mol. The summed E-state index contributed by atoms with van der Waals surface area (Å²) in [7, 11) is 0. The van der Waals surface area contributed by atoms with Gasteiger partial charge in [0, 0.05) is 25.1 Å². The van der Waals surface area contributed by atoms with E-state index in [0.717, 1.165) is 11.9 Å². The zero-order chi connectivity index (χ0) is 6.41. The minimum absolute atomic E-state index is 0.0723. The maximum Gasteiger partial charge on any atom is 0.206 e. The lowest BCUT2D eigenvalue weighted by molar-refractivity contribution is -0.109. The number of carbonyl (C=O) groups is 1. The summed E-state index contributed by atoms with van der Waals surface area (Å²) in [6.45, 7) is 3.40. The summed E-state index contributed by atoms with van der Waals surface area (Å²) in [5, 5.41) is 0.0723. The van der Waals surface area contributed by atoms with Gasteiger partial charge in [0.2, 0.25) is 5.12 Å². The molecule has 0 fully saturated rings. The Bertz CT molecular complexity index is 101. The van der Waals surface area contributed by atoms with Gasteiger partial charge in [0.05, 0.1) is 0 Å². The molecule has 0 bridgehead atoms. The van der Waals surface area contributed by atoms with Gasteiger partial charge in [-0.3, -0.25) is 4.79 Å². The van der Waals surface area contributed by atoms with Crippen molar-refractivity contribution in [3.63, 3.8) is 0 Å². The first-order valence-electron chi connectivity index (χ1n) is 2.31. The van der Waals surface area contributed by atoms with Gasteiger partial charge in [-0.15, -0.1) is 0 Å². The largest absolute Gasteiger partial charge is 0.330 e. The summed E-state index contributed by atoms with van der Waals surface area (Å²) in [5.74, 6) is 0. The lowest BCUT2D eigenvalue weighted by atomic mass is 10.7. The van der Waals surface area contributed by atoms with Crippen LogP contribution in [-0.4, -0.2) is 5.12 Å². The first kappa shape index (κ1) is 7.56. The molecule has 0 aromatic carbocycles. The molecule has 0 spiro atoms. The summed E-state index contributed by atoms with van der Waals surface area (Å²) < 4.78 is 2.72. The zero-order valence-corrected chi connectivity index (χ0v) is 5.79. The van der Waals surface area contributed by atoms with Crippen molar-refractivity contribution in [1.82, 2.24) is 4.72 Å². The summed E-state index contributed by atoms with van der Waals surface area (Å²) in [6.07, 6.45) is 3.54. The predicted octanol–water partition coefficient (Wildman–Crippen LogP) is 1.30. The molecule has 0 aliphatic heterocycles. The molecule has 0 heterocycles. The number of hydrogen-bond donors (Lipinski definition) is 1. The fourth-order valence-electron chi connectivity index (χ4n) is 0.185. The van der Waals surface area contributed by atoms with E-state index < -0.39 is 0 Å². The van der Waals surface area contributed by atoms with Crippen LogP contribution in [0.1, 0.15) is 13.8 Å². The van der Waals surface area contributed by atoms with E-state index in [1.807, 2.05) is 13.0 Å². The van der Waals surface area contributed by atoms with Gasteiger partial charge in [0.25, 0.3) is 0 Å². The van der Waals surface area contributed by atoms with E-state index in [1.165, 1.54) is 6.92 Å². The molecule has 0 saturated carbocycles. The zero-order valence-electron chi connectivity index (χ0n) is 4.97. The molecule has 0 aromatic rings. The third kappa shape index (κ3) is 5.56. The van der Waals surface area contributed by atoms with E-state index in [4.69, 9.17) is 0 Å². The van der Waals surface area contributed by atoms with Crippen molar-refractivity contribution in [1.29, 1.82) is 0 Å². The normalized spacial score (nSPS) is 9.75. The van der Waals surface area contributed by atoms with Crippen LogP contribution in [0.3, 0.4) is 0 Å². The Labute approximate surface area is 53.5 Å². The van der Waals surface area contributed by atoms with Crippen LogP contribution < -0.4 is 4.72 Å². The highest BCUT2D eigenvalue weighted by atomic mass is 32.2. The fourth-order valence-corrected chi connectivity index (χ4v) is 0.555. The highest BCUT2D eigenvalue weighted by Gasteiger charge is 1.85. The van der Waals surface area contributed by atoms with Crippen LogP contribution in [0.25, 0.3) is 0 Å². The van der Waals surface area contributed by atoms with Crippen molar-refractivity contribution < 1.29 is 4.79 Å². The molecule has 1 N–H and O–H groups in total. The Morgan fingerprint density at radius 2 is 2.38 bits per heavy atom. The molecule has 0 saturated heterocycles. The molecule has 0 rings (SSSR count). The summed E-state index contributed by atoms with van der Waals surface area (Å²) in [4.78, 5) is 10.2. The molecule has 0 amide bonds. The topological polar surface area (TPSA) is 29.1 Å². The van der Waals surface area contributed by atoms with Crippen molar-refractivity contribution in [2.45, 2.75) is 13.8 Å². The smallest absolute Gasteiger partial charge is 0.206 e. The molecule has 0 atom stereocenters.